The van der Waals surface area contributed by atoms with Crippen molar-refractivity contribution in [3.63, 3.8) is 0 Å². The monoisotopic (exact) mass is 227 g/mol. The number of hydrogen-bond donors (Lipinski definition) is 1. The average molecular weight is 228 g/mol. The van der Waals surface area contributed by atoms with E-state index in [9.17, 15) is 4.79 Å². The number of aryl methyl sites for hydroxylation is 1. The molecule has 0 atom stereocenters. The van der Waals surface area contributed by atoms with Gasteiger partial charge in [0.15, 0.2) is 5.78 Å². The molecule has 0 fully saturated rings. The van der Waals surface area contributed by atoms with Crippen LogP contribution in [0.25, 0.3) is 0 Å². The molecule has 1 aromatic rings. The number of ketones is 1. The molecule has 0 bridgehead atoms. The molecule has 0 amide bonds. The Kier molecular flexibility index (Phi) is 2.52. The molecule has 0 spiro atoms. The van der Waals surface area contributed by atoms with Gasteiger partial charge in [-0.25, -0.2) is 0 Å². The number of anilines is 1. The zero-order valence-corrected chi connectivity index (χ0v) is 8.60. The van der Waals surface area contributed by atoms with Crippen molar-refractivity contribution in [2.75, 3.05) is 5.73 Å². The van der Waals surface area contributed by atoms with Crippen LogP contribution in [0.5, 0.6) is 0 Å². The second kappa shape index (κ2) is 3.27. The predicted octanol–water partition coefficient (Wildman–Crippen LogP) is 2.54. The second-order valence-electron chi connectivity index (χ2n) is 2.72. The van der Waals surface area contributed by atoms with Gasteiger partial charge in [-0.3, -0.25) is 4.79 Å². The lowest BCUT2D eigenvalue weighted by molar-refractivity contribution is 0.101. The van der Waals surface area contributed by atoms with Gasteiger partial charge in [-0.1, -0.05) is 6.07 Å². The van der Waals surface area contributed by atoms with Crippen molar-refractivity contribution in [3.8, 4) is 0 Å². The Morgan fingerprint density at radius 1 is 1.50 bits per heavy atom. The quantitative estimate of drug-likeness (QED) is 0.592. The Hall–Kier alpha value is -0.830. The van der Waals surface area contributed by atoms with Crippen LogP contribution in [0.1, 0.15) is 22.8 Å². The molecule has 0 aliphatic heterocycles. The molecular weight excluding hydrogens is 218 g/mol. The van der Waals surface area contributed by atoms with Crippen molar-refractivity contribution in [3.05, 3.63) is 27.7 Å². The number of hydrogen-bond acceptors (Lipinski definition) is 2. The van der Waals surface area contributed by atoms with Gasteiger partial charge in [0.05, 0.1) is 4.47 Å². The van der Waals surface area contributed by atoms with Crippen LogP contribution in [-0.2, 0) is 0 Å². The number of halogens is 1. The summed E-state index contributed by atoms with van der Waals surface area (Å²) in [6.45, 7) is 3.42. The number of carbonyl (C=O) groups is 1. The van der Waals surface area contributed by atoms with E-state index >= 15 is 0 Å². The van der Waals surface area contributed by atoms with Crippen LogP contribution in [0.15, 0.2) is 16.6 Å². The summed E-state index contributed by atoms with van der Waals surface area (Å²) >= 11 is 3.29. The van der Waals surface area contributed by atoms with Gasteiger partial charge in [0, 0.05) is 11.3 Å². The highest BCUT2D eigenvalue weighted by atomic mass is 79.9. The largest absolute Gasteiger partial charge is 0.398 e. The molecule has 0 aromatic heterocycles. The Balaban J connectivity index is 3.43. The number of nitrogens with two attached hydrogens (primary N) is 1. The maximum Gasteiger partial charge on any atom is 0.161 e. The first-order valence-electron chi connectivity index (χ1n) is 3.59. The third-order valence-corrected chi connectivity index (χ3v) is 2.59. The van der Waals surface area contributed by atoms with E-state index in [1.807, 2.05) is 13.0 Å². The Morgan fingerprint density at radius 3 is 2.50 bits per heavy atom. The smallest absolute Gasteiger partial charge is 0.161 e. The van der Waals surface area contributed by atoms with Gasteiger partial charge in [0.2, 0.25) is 0 Å². The van der Waals surface area contributed by atoms with Gasteiger partial charge in [-0.05, 0) is 41.4 Å². The van der Waals surface area contributed by atoms with E-state index in [0.717, 1.165) is 5.56 Å². The summed E-state index contributed by atoms with van der Waals surface area (Å²) in [7, 11) is 0. The second-order valence-corrected chi connectivity index (χ2v) is 3.51. The molecule has 0 aliphatic rings. The van der Waals surface area contributed by atoms with E-state index in [1.54, 1.807) is 6.07 Å². The normalized spacial score (nSPS) is 9.92. The molecule has 0 aliphatic carbocycles. The van der Waals surface area contributed by atoms with Gasteiger partial charge in [0.25, 0.3) is 0 Å². The standard InChI is InChI=1S/C9H10BrNO/c1-5-3-4-7(11)9(10)8(5)6(2)12/h3-4H,11H2,1-2H3. The maximum absolute atomic E-state index is 11.2. The van der Waals surface area contributed by atoms with Crippen molar-refractivity contribution >= 4 is 27.4 Å². The van der Waals surface area contributed by atoms with E-state index in [-0.39, 0.29) is 5.78 Å². The summed E-state index contributed by atoms with van der Waals surface area (Å²) < 4.78 is 0.704. The highest BCUT2D eigenvalue weighted by molar-refractivity contribution is 9.10. The first-order chi connectivity index (χ1) is 5.54. The highest BCUT2D eigenvalue weighted by Crippen LogP contribution is 2.26. The Bertz CT molecular complexity index is 334. The molecular formula is C9H10BrNO. The van der Waals surface area contributed by atoms with Crippen molar-refractivity contribution < 1.29 is 4.79 Å². The molecule has 0 saturated carbocycles. The summed E-state index contributed by atoms with van der Waals surface area (Å²) in [5, 5.41) is 0. The summed E-state index contributed by atoms with van der Waals surface area (Å²) in [4.78, 5) is 11.2. The van der Waals surface area contributed by atoms with E-state index in [1.165, 1.54) is 6.92 Å². The zero-order valence-electron chi connectivity index (χ0n) is 7.02. The fourth-order valence-electron chi connectivity index (χ4n) is 1.12. The molecule has 1 rings (SSSR count). The molecule has 3 heteroatoms. The minimum atomic E-state index is 0.0340. The minimum absolute atomic E-state index is 0.0340. The molecule has 12 heavy (non-hydrogen) atoms. The number of Topliss-reactive ketones (excluding diaryl/α,β-unsaturated/α-hetero) is 1. The van der Waals surface area contributed by atoms with E-state index < -0.39 is 0 Å². The fourth-order valence-corrected chi connectivity index (χ4v) is 1.84. The summed E-state index contributed by atoms with van der Waals surface area (Å²) in [6.07, 6.45) is 0. The van der Waals surface area contributed by atoms with E-state index in [2.05, 4.69) is 15.9 Å². The molecule has 0 heterocycles. The third-order valence-electron chi connectivity index (χ3n) is 1.73. The van der Waals surface area contributed by atoms with Gasteiger partial charge < -0.3 is 5.73 Å². The first kappa shape index (κ1) is 9.26. The van der Waals surface area contributed by atoms with Gasteiger partial charge in [-0.2, -0.15) is 0 Å². The van der Waals surface area contributed by atoms with Crippen molar-refractivity contribution in [2.45, 2.75) is 13.8 Å². The van der Waals surface area contributed by atoms with Gasteiger partial charge >= 0.3 is 0 Å². The highest BCUT2D eigenvalue weighted by Gasteiger charge is 2.10. The van der Waals surface area contributed by atoms with Crippen molar-refractivity contribution in [1.29, 1.82) is 0 Å². The minimum Gasteiger partial charge on any atom is -0.398 e. The maximum atomic E-state index is 11.2. The van der Waals surface area contributed by atoms with Gasteiger partial charge in [0.1, 0.15) is 0 Å². The molecule has 64 valence electrons. The number of carbonyl (C=O) groups excluding carboxylic acids is 1. The van der Waals surface area contributed by atoms with Crippen molar-refractivity contribution in [2.24, 2.45) is 0 Å². The third kappa shape index (κ3) is 1.50. The molecule has 0 saturated heterocycles. The summed E-state index contributed by atoms with van der Waals surface area (Å²) in [5.41, 5.74) is 7.85. The van der Waals surface area contributed by atoms with Crippen LogP contribution in [0, 0.1) is 6.92 Å². The molecule has 0 unspecified atom stereocenters. The zero-order chi connectivity index (χ0) is 9.30. The average Bonchev–Trinajstić information content (AvgIpc) is 1.97. The molecule has 0 radical (unpaired) electrons. The number of rotatable bonds is 1. The lowest BCUT2D eigenvalue weighted by atomic mass is 10.1. The van der Waals surface area contributed by atoms with Crippen LogP contribution in [0.4, 0.5) is 5.69 Å². The lowest BCUT2D eigenvalue weighted by Gasteiger charge is -2.06. The van der Waals surface area contributed by atoms with Crippen LogP contribution in [0.3, 0.4) is 0 Å². The Labute approximate surface area is 79.9 Å². The van der Waals surface area contributed by atoms with Crippen LogP contribution in [0.2, 0.25) is 0 Å². The van der Waals surface area contributed by atoms with Gasteiger partial charge in [-0.15, -0.1) is 0 Å². The summed E-state index contributed by atoms with van der Waals surface area (Å²) in [5.74, 6) is 0.0340. The van der Waals surface area contributed by atoms with Crippen molar-refractivity contribution in [1.82, 2.24) is 0 Å². The fraction of sp³-hybridized carbons (Fsp3) is 0.222. The van der Waals surface area contributed by atoms with Crippen LogP contribution >= 0.6 is 15.9 Å². The summed E-state index contributed by atoms with van der Waals surface area (Å²) in [6, 6.07) is 3.63. The predicted molar refractivity (Wildman–Crippen MR) is 53.3 cm³/mol. The molecule has 2 N–H and O–H groups in total. The number of nitrogen functional groups attached to an aromatic ring is 1. The first-order valence-corrected chi connectivity index (χ1v) is 4.39. The van der Waals surface area contributed by atoms with E-state index in [0.29, 0.717) is 15.7 Å². The lowest BCUT2D eigenvalue weighted by Crippen LogP contribution is -2.00. The molecule has 1 aromatic carbocycles. The van der Waals surface area contributed by atoms with Crippen LogP contribution < -0.4 is 5.73 Å². The van der Waals surface area contributed by atoms with Crippen LogP contribution in [-0.4, -0.2) is 5.78 Å². The number of benzene rings is 1. The molecule has 2 nitrogen and oxygen atoms in total. The Morgan fingerprint density at radius 2 is 2.08 bits per heavy atom. The SMILES string of the molecule is CC(=O)c1c(C)ccc(N)c1Br. The van der Waals surface area contributed by atoms with E-state index in [4.69, 9.17) is 5.73 Å². The topological polar surface area (TPSA) is 43.1 Å².